The Hall–Kier alpha value is -1.47. The summed E-state index contributed by atoms with van der Waals surface area (Å²) in [5.74, 6) is 0.423. The molecule has 0 spiro atoms. The molecule has 0 aromatic heterocycles. The van der Waals surface area contributed by atoms with Crippen LogP contribution in [0.3, 0.4) is 0 Å². The monoisotopic (exact) mass is 418 g/mol. The Labute approximate surface area is 170 Å². The maximum absolute atomic E-state index is 11.9. The molecular formula is C22H30O4SSi. The van der Waals surface area contributed by atoms with E-state index < -0.39 is 24.8 Å². The minimum Gasteiger partial charge on any atom is -0.408 e. The summed E-state index contributed by atoms with van der Waals surface area (Å²) in [6.45, 7) is 6.87. The normalized spacial score (nSPS) is 22.8. The van der Waals surface area contributed by atoms with Crippen molar-refractivity contribution in [2.45, 2.75) is 39.2 Å². The zero-order chi connectivity index (χ0) is 20.4. The summed E-state index contributed by atoms with van der Waals surface area (Å²) in [7, 11) is -5.49. The molecule has 3 rings (SSSR count). The maximum atomic E-state index is 11.9. The van der Waals surface area contributed by atoms with Crippen LogP contribution in [0.2, 0.25) is 0 Å². The van der Waals surface area contributed by atoms with Gasteiger partial charge >= 0.3 is 0 Å². The lowest BCUT2D eigenvalue weighted by Gasteiger charge is -2.51. The second-order valence-electron chi connectivity index (χ2n) is 8.95. The first kappa shape index (κ1) is 21.2. The van der Waals surface area contributed by atoms with Crippen LogP contribution in [0, 0.1) is 11.3 Å². The zero-order valence-electron chi connectivity index (χ0n) is 17.1. The Morgan fingerprint density at radius 3 is 1.82 bits per heavy atom. The molecule has 0 saturated heterocycles. The molecule has 1 aliphatic rings. The fourth-order valence-corrected chi connectivity index (χ4v) is 7.07. The topological polar surface area (TPSA) is 52.6 Å². The van der Waals surface area contributed by atoms with E-state index in [1.165, 1.54) is 10.4 Å². The molecule has 4 nitrogen and oxygen atoms in total. The highest BCUT2D eigenvalue weighted by Crippen LogP contribution is 2.50. The highest BCUT2D eigenvalue weighted by atomic mass is 32.2. The summed E-state index contributed by atoms with van der Waals surface area (Å²) in [6, 6.07) is 20.4. The van der Waals surface area contributed by atoms with Gasteiger partial charge in [-0.15, -0.1) is 0 Å². The number of hydrogen-bond donors (Lipinski definition) is 0. The third kappa shape index (κ3) is 5.32. The van der Waals surface area contributed by atoms with E-state index in [1.807, 2.05) is 36.4 Å². The lowest BCUT2D eigenvalue weighted by Crippen LogP contribution is -2.57. The molecule has 0 atom stereocenters. The van der Waals surface area contributed by atoms with Crippen LogP contribution < -0.4 is 10.4 Å². The Balaban J connectivity index is 1.82. The van der Waals surface area contributed by atoms with E-state index in [0.29, 0.717) is 25.4 Å². The van der Waals surface area contributed by atoms with E-state index in [2.05, 4.69) is 45.0 Å². The minimum absolute atomic E-state index is 0.125. The van der Waals surface area contributed by atoms with Crippen molar-refractivity contribution < 1.29 is 17.0 Å². The predicted molar refractivity (Wildman–Crippen MR) is 116 cm³/mol. The van der Waals surface area contributed by atoms with Gasteiger partial charge in [-0.05, 0) is 34.5 Å². The molecule has 6 heteroatoms. The number of benzene rings is 2. The van der Waals surface area contributed by atoms with Crippen molar-refractivity contribution in [3.63, 3.8) is 0 Å². The predicted octanol–water partition coefficient (Wildman–Crippen LogP) is 2.71. The van der Waals surface area contributed by atoms with Gasteiger partial charge in [0.2, 0.25) is 9.04 Å². The van der Waals surface area contributed by atoms with Crippen LogP contribution in [0.15, 0.2) is 60.7 Å². The summed E-state index contributed by atoms with van der Waals surface area (Å²) < 4.78 is 35.9. The Bertz CT molecular complexity index is 830. The van der Waals surface area contributed by atoms with Crippen LogP contribution in [0.25, 0.3) is 0 Å². The third-order valence-corrected chi connectivity index (χ3v) is 8.64. The van der Waals surface area contributed by atoms with E-state index in [-0.39, 0.29) is 5.41 Å². The molecule has 0 N–H and O–H groups in total. The molecule has 0 unspecified atom stereocenters. The van der Waals surface area contributed by atoms with Gasteiger partial charge in [-0.3, -0.25) is 4.18 Å². The molecule has 2 aromatic rings. The van der Waals surface area contributed by atoms with E-state index in [0.717, 1.165) is 6.26 Å². The van der Waals surface area contributed by atoms with E-state index in [4.69, 9.17) is 8.61 Å². The highest BCUT2D eigenvalue weighted by Gasteiger charge is 2.52. The van der Waals surface area contributed by atoms with Crippen molar-refractivity contribution in [1.82, 2.24) is 0 Å². The van der Waals surface area contributed by atoms with Crippen molar-refractivity contribution >= 4 is 29.5 Å². The summed E-state index contributed by atoms with van der Waals surface area (Å²) in [4.78, 5) is 0. The van der Waals surface area contributed by atoms with Crippen LogP contribution in [-0.4, -0.2) is 35.9 Å². The van der Waals surface area contributed by atoms with Gasteiger partial charge in [-0.25, -0.2) is 0 Å². The smallest absolute Gasteiger partial charge is 0.265 e. The summed E-state index contributed by atoms with van der Waals surface area (Å²) in [5.41, 5.74) is -0.625. The molecule has 2 aromatic carbocycles. The second-order valence-corrected chi connectivity index (χ2v) is 13.0. The highest BCUT2D eigenvalue weighted by molar-refractivity contribution is 7.86. The fourth-order valence-electron chi connectivity index (χ4n) is 3.86. The van der Waals surface area contributed by atoms with Gasteiger partial charge in [-0.2, -0.15) is 8.42 Å². The summed E-state index contributed by atoms with van der Waals surface area (Å²) in [5, 5.41) is 2.35. The lowest BCUT2D eigenvalue weighted by molar-refractivity contribution is -0.105. The molecule has 152 valence electrons. The van der Waals surface area contributed by atoms with Gasteiger partial charge in [0, 0.05) is 0 Å². The average molecular weight is 419 g/mol. The average Bonchev–Trinajstić information content (AvgIpc) is 2.59. The summed E-state index contributed by atoms with van der Waals surface area (Å²) in [6.07, 6.45) is 2.53. The SMILES string of the molecule is CC(C)(C)C1CC(CO[SiH](c2ccccc2)c2ccccc2)(OS(C)(=O)=O)C1. The van der Waals surface area contributed by atoms with Crippen molar-refractivity contribution in [3.05, 3.63) is 60.7 Å². The quantitative estimate of drug-likeness (QED) is 0.512. The number of hydrogen-bond acceptors (Lipinski definition) is 4. The van der Waals surface area contributed by atoms with Gasteiger partial charge in [0.25, 0.3) is 10.1 Å². The molecule has 28 heavy (non-hydrogen) atoms. The molecule has 0 aliphatic heterocycles. The van der Waals surface area contributed by atoms with E-state index in [9.17, 15) is 8.42 Å². The standard InChI is InChI=1S/C22H30O4SSi/c1-21(2,3)18-15-22(16-18,26-27(4,23)24)17-25-28(19-11-7-5-8-12-19)20-13-9-6-10-14-20/h5-14,18,28H,15-17H2,1-4H3. The molecule has 1 fully saturated rings. The van der Waals surface area contributed by atoms with E-state index >= 15 is 0 Å². The van der Waals surface area contributed by atoms with Gasteiger partial charge in [0.15, 0.2) is 0 Å². The molecule has 0 heterocycles. The summed E-state index contributed by atoms with van der Waals surface area (Å²) >= 11 is 0. The Morgan fingerprint density at radius 2 is 1.43 bits per heavy atom. The van der Waals surface area contributed by atoms with Crippen molar-refractivity contribution in [2.75, 3.05) is 12.9 Å². The largest absolute Gasteiger partial charge is 0.408 e. The van der Waals surface area contributed by atoms with Gasteiger partial charge < -0.3 is 4.43 Å². The second kappa shape index (κ2) is 8.11. The Morgan fingerprint density at radius 1 is 0.964 bits per heavy atom. The van der Waals surface area contributed by atoms with E-state index in [1.54, 1.807) is 0 Å². The van der Waals surface area contributed by atoms with Gasteiger partial charge in [-0.1, -0.05) is 81.4 Å². The fraction of sp³-hybridized carbons (Fsp3) is 0.455. The Kier molecular flexibility index (Phi) is 6.15. The van der Waals surface area contributed by atoms with Crippen LogP contribution in [-0.2, 0) is 18.7 Å². The molecule has 0 radical (unpaired) electrons. The molecule has 0 bridgehead atoms. The molecular weight excluding hydrogens is 388 g/mol. The molecule has 1 aliphatic carbocycles. The first-order chi connectivity index (χ1) is 13.1. The van der Waals surface area contributed by atoms with Crippen LogP contribution in [0.1, 0.15) is 33.6 Å². The molecule has 1 saturated carbocycles. The zero-order valence-corrected chi connectivity index (χ0v) is 19.1. The van der Waals surface area contributed by atoms with Gasteiger partial charge in [0.05, 0.1) is 12.9 Å². The van der Waals surface area contributed by atoms with Gasteiger partial charge in [0.1, 0.15) is 5.60 Å². The first-order valence-electron chi connectivity index (χ1n) is 9.70. The third-order valence-electron chi connectivity index (χ3n) is 5.51. The molecule has 0 amide bonds. The van der Waals surface area contributed by atoms with Crippen molar-refractivity contribution in [1.29, 1.82) is 0 Å². The van der Waals surface area contributed by atoms with Crippen molar-refractivity contribution in [3.8, 4) is 0 Å². The first-order valence-corrected chi connectivity index (χ1v) is 13.1. The lowest BCUT2D eigenvalue weighted by atomic mass is 9.61. The maximum Gasteiger partial charge on any atom is 0.265 e. The van der Waals surface area contributed by atoms with Crippen LogP contribution >= 0.6 is 0 Å². The number of rotatable bonds is 7. The minimum atomic E-state index is -3.55. The van der Waals surface area contributed by atoms with Crippen LogP contribution in [0.4, 0.5) is 0 Å². The van der Waals surface area contributed by atoms with Crippen molar-refractivity contribution in [2.24, 2.45) is 11.3 Å². The van der Waals surface area contributed by atoms with Crippen LogP contribution in [0.5, 0.6) is 0 Å².